The van der Waals surface area contributed by atoms with Gasteiger partial charge >= 0.3 is 0 Å². The van der Waals surface area contributed by atoms with Gasteiger partial charge in [-0.25, -0.2) is 0 Å². The van der Waals surface area contributed by atoms with Gasteiger partial charge in [-0.2, -0.15) is 0 Å². The molecule has 0 spiro atoms. The van der Waals surface area contributed by atoms with Crippen LogP contribution in [0.5, 0.6) is 5.06 Å². The highest BCUT2D eigenvalue weighted by Gasteiger charge is 2.16. The number of ether oxygens (including phenoxy) is 1. The Morgan fingerprint density at radius 3 is 2.87 bits per heavy atom. The van der Waals surface area contributed by atoms with E-state index in [1.165, 1.54) is 10.4 Å². The Labute approximate surface area is 146 Å². The number of aryl methyl sites for hydroxylation is 2. The second-order valence-corrected chi connectivity index (χ2v) is 7.92. The molecule has 124 valence electrons. The molecule has 2 aromatic heterocycles. The molecule has 0 aliphatic rings. The monoisotopic (exact) mass is 349 g/mol. The number of hydrogen-bond donors (Lipinski definition) is 2. The zero-order valence-electron chi connectivity index (χ0n) is 13.6. The largest absolute Gasteiger partial charge is 0.483 e. The average Bonchev–Trinajstić information content (AvgIpc) is 3.14. The van der Waals surface area contributed by atoms with Crippen LogP contribution in [-0.2, 0) is 6.42 Å². The third-order valence-corrected chi connectivity index (χ3v) is 5.44. The molecule has 1 atom stereocenters. The van der Waals surface area contributed by atoms with Crippen LogP contribution in [0, 0.1) is 18.8 Å². The van der Waals surface area contributed by atoms with Crippen molar-refractivity contribution in [2.75, 3.05) is 13.2 Å². The van der Waals surface area contributed by atoms with E-state index in [-0.39, 0.29) is 6.61 Å². The Kier molecular flexibility index (Phi) is 6.67. The van der Waals surface area contributed by atoms with E-state index in [9.17, 15) is 5.11 Å². The first-order valence-corrected chi connectivity index (χ1v) is 9.34. The lowest BCUT2D eigenvalue weighted by molar-refractivity contribution is 0.201. The third kappa shape index (κ3) is 6.00. The second kappa shape index (κ2) is 8.51. The van der Waals surface area contributed by atoms with Gasteiger partial charge in [-0.1, -0.05) is 11.8 Å². The molecule has 2 rings (SSSR count). The molecule has 0 bridgehead atoms. The van der Waals surface area contributed by atoms with Crippen molar-refractivity contribution in [3.05, 3.63) is 38.9 Å². The maximum atomic E-state index is 9.17. The molecule has 0 saturated heterocycles. The van der Waals surface area contributed by atoms with Crippen LogP contribution in [0.3, 0.4) is 0 Å². The minimum atomic E-state index is -0.507. The van der Waals surface area contributed by atoms with E-state index in [1.807, 2.05) is 25.3 Å². The highest BCUT2D eigenvalue weighted by atomic mass is 32.1. The Hall–Kier alpha value is -1.32. The van der Waals surface area contributed by atoms with E-state index in [4.69, 9.17) is 10.5 Å². The molecule has 1 unspecified atom stereocenters. The number of thiophene rings is 2. The highest BCUT2D eigenvalue weighted by molar-refractivity contribution is 7.12. The van der Waals surface area contributed by atoms with Crippen LogP contribution in [0.25, 0.3) is 0 Å². The van der Waals surface area contributed by atoms with Crippen molar-refractivity contribution in [1.29, 1.82) is 0 Å². The molecule has 0 fully saturated rings. The predicted molar refractivity (Wildman–Crippen MR) is 98.4 cm³/mol. The second-order valence-electron chi connectivity index (χ2n) is 5.87. The maximum absolute atomic E-state index is 9.17. The summed E-state index contributed by atoms with van der Waals surface area (Å²) in [5, 5.41) is 12.2. The zero-order chi connectivity index (χ0) is 16.7. The topological polar surface area (TPSA) is 55.5 Å². The average molecular weight is 350 g/mol. The fourth-order valence-corrected chi connectivity index (χ4v) is 3.60. The van der Waals surface area contributed by atoms with Crippen molar-refractivity contribution in [2.24, 2.45) is 5.73 Å². The molecule has 5 heteroatoms. The van der Waals surface area contributed by atoms with Crippen LogP contribution in [0.1, 0.15) is 35.1 Å². The van der Waals surface area contributed by atoms with Gasteiger partial charge in [0.05, 0.1) is 11.5 Å². The predicted octanol–water partition coefficient (Wildman–Crippen LogP) is 3.58. The summed E-state index contributed by atoms with van der Waals surface area (Å²) in [6.07, 6.45) is 2.36. The summed E-state index contributed by atoms with van der Waals surface area (Å²) in [7, 11) is 0. The lowest BCUT2D eigenvalue weighted by Gasteiger charge is -2.20. The number of hydrogen-bond acceptors (Lipinski definition) is 5. The smallest absolute Gasteiger partial charge is 0.176 e. The van der Waals surface area contributed by atoms with Crippen molar-refractivity contribution in [1.82, 2.24) is 0 Å². The van der Waals surface area contributed by atoms with Gasteiger partial charge in [0.1, 0.15) is 6.61 Å². The van der Waals surface area contributed by atoms with Gasteiger partial charge in [-0.15, -0.1) is 22.7 Å². The highest BCUT2D eigenvalue weighted by Crippen LogP contribution is 2.24. The minimum Gasteiger partial charge on any atom is -0.483 e. The molecule has 2 aromatic rings. The molecule has 0 amide bonds. The fraction of sp³-hybridized carbons (Fsp3) is 0.444. The quantitative estimate of drug-likeness (QED) is 0.593. The molecule has 0 saturated carbocycles. The third-order valence-electron chi connectivity index (χ3n) is 3.45. The summed E-state index contributed by atoms with van der Waals surface area (Å²) in [6.45, 7) is 4.55. The Morgan fingerprint density at radius 2 is 2.17 bits per heavy atom. The SMILES string of the molecule is Cc1ccsc1OCCC#Cc1ccc(CCC(C)(N)CO)s1. The molecule has 2 heterocycles. The van der Waals surface area contributed by atoms with Crippen LogP contribution in [-0.4, -0.2) is 23.9 Å². The molecule has 3 N–H and O–H groups in total. The standard InChI is InChI=1S/C18H23NO2S2/c1-14-9-12-22-17(14)21-11-4-3-5-15-6-7-16(23-15)8-10-18(2,19)13-20/h6-7,9,12,20H,4,8,10-11,13,19H2,1-2H3. The minimum absolute atomic E-state index is 0.00868. The zero-order valence-corrected chi connectivity index (χ0v) is 15.2. The van der Waals surface area contributed by atoms with Gasteiger partial charge in [-0.3, -0.25) is 0 Å². The van der Waals surface area contributed by atoms with E-state index < -0.39 is 5.54 Å². The first-order chi connectivity index (χ1) is 11.0. The normalized spacial score (nSPS) is 13.2. The van der Waals surface area contributed by atoms with Gasteiger partial charge in [0.2, 0.25) is 0 Å². The van der Waals surface area contributed by atoms with Gasteiger partial charge in [0.25, 0.3) is 0 Å². The summed E-state index contributed by atoms with van der Waals surface area (Å²) in [5.41, 5.74) is 6.62. The number of aliphatic hydroxyl groups is 1. The van der Waals surface area contributed by atoms with Crippen LogP contribution in [0.4, 0.5) is 0 Å². The number of nitrogens with two attached hydrogens (primary N) is 1. The molecule has 0 aliphatic carbocycles. The number of aliphatic hydroxyl groups excluding tert-OH is 1. The summed E-state index contributed by atoms with van der Waals surface area (Å²) >= 11 is 3.31. The molecule has 0 radical (unpaired) electrons. The summed E-state index contributed by atoms with van der Waals surface area (Å²) in [6, 6.07) is 6.19. The Balaban J connectivity index is 1.75. The Bertz CT molecular complexity index is 676. The molecule has 0 aliphatic heterocycles. The lowest BCUT2D eigenvalue weighted by atomic mass is 9.98. The van der Waals surface area contributed by atoms with Gasteiger partial charge in [-0.05, 0) is 50.3 Å². The number of rotatable bonds is 7. The van der Waals surface area contributed by atoms with Crippen molar-refractivity contribution < 1.29 is 9.84 Å². The molecular weight excluding hydrogens is 326 g/mol. The summed E-state index contributed by atoms with van der Waals surface area (Å²) < 4.78 is 5.69. The van der Waals surface area contributed by atoms with Gasteiger partial charge in [0, 0.05) is 22.4 Å². The first kappa shape index (κ1) is 18.0. The fourth-order valence-electron chi connectivity index (χ4n) is 1.92. The van der Waals surface area contributed by atoms with Crippen molar-refractivity contribution >= 4 is 22.7 Å². The van der Waals surface area contributed by atoms with E-state index >= 15 is 0 Å². The van der Waals surface area contributed by atoms with E-state index in [0.29, 0.717) is 6.61 Å². The van der Waals surface area contributed by atoms with E-state index in [0.717, 1.165) is 29.2 Å². The first-order valence-electron chi connectivity index (χ1n) is 7.64. The molecule has 23 heavy (non-hydrogen) atoms. The van der Waals surface area contributed by atoms with Crippen LogP contribution < -0.4 is 10.5 Å². The van der Waals surface area contributed by atoms with Crippen molar-refractivity contribution in [3.63, 3.8) is 0 Å². The van der Waals surface area contributed by atoms with Crippen molar-refractivity contribution in [3.8, 4) is 16.9 Å². The lowest BCUT2D eigenvalue weighted by Crippen LogP contribution is -2.40. The van der Waals surface area contributed by atoms with Crippen molar-refractivity contribution in [2.45, 2.75) is 38.6 Å². The summed E-state index contributed by atoms with van der Waals surface area (Å²) in [4.78, 5) is 2.32. The van der Waals surface area contributed by atoms with E-state index in [2.05, 4.69) is 24.0 Å². The van der Waals surface area contributed by atoms with E-state index in [1.54, 1.807) is 22.7 Å². The van der Waals surface area contributed by atoms with Crippen LogP contribution in [0.2, 0.25) is 0 Å². The molecule has 3 nitrogen and oxygen atoms in total. The van der Waals surface area contributed by atoms with Crippen LogP contribution >= 0.6 is 22.7 Å². The molecule has 0 aromatic carbocycles. The van der Waals surface area contributed by atoms with Crippen LogP contribution in [0.15, 0.2) is 23.6 Å². The van der Waals surface area contributed by atoms with Gasteiger partial charge < -0.3 is 15.6 Å². The molecular formula is C18H23NO2S2. The maximum Gasteiger partial charge on any atom is 0.176 e. The summed E-state index contributed by atoms with van der Waals surface area (Å²) in [5.74, 6) is 6.34. The van der Waals surface area contributed by atoms with Gasteiger partial charge in [0.15, 0.2) is 5.06 Å². The Morgan fingerprint density at radius 1 is 1.35 bits per heavy atom.